The fraction of sp³-hybridized carbons (Fsp3) is 0.500. The van der Waals surface area contributed by atoms with Crippen LogP contribution in [-0.2, 0) is 21.7 Å². The number of primary amides is 1. The van der Waals surface area contributed by atoms with E-state index in [4.69, 9.17) is 5.73 Å². The molecular formula is C24H33N5O4Si. The van der Waals surface area contributed by atoms with E-state index < -0.39 is 31.7 Å². The molecule has 2 heterocycles. The molecule has 1 saturated carbocycles. The summed E-state index contributed by atoms with van der Waals surface area (Å²) in [5.74, 6) is -0.837. The number of carboxylic acids is 1. The molecule has 0 spiro atoms. The zero-order chi connectivity index (χ0) is 25.1. The van der Waals surface area contributed by atoms with E-state index in [1.54, 1.807) is 24.3 Å². The van der Waals surface area contributed by atoms with Gasteiger partial charge in [0.1, 0.15) is 0 Å². The van der Waals surface area contributed by atoms with Gasteiger partial charge in [0.05, 0.1) is 25.9 Å². The third kappa shape index (κ3) is 3.51. The number of nitrogens with one attached hydrogen (secondary N) is 1. The molecule has 0 bridgehead atoms. The minimum atomic E-state index is -1.84. The van der Waals surface area contributed by atoms with Gasteiger partial charge in [-0.25, -0.2) is 14.3 Å². The molecule has 1 aliphatic heterocycles. The van der Waals surface area contributed by atoms with Crippen LogP contribution in [0.25, 0.3) is 0 Å². The minimum absolute atomic E-state index is 0.0627. The number of amides is 3. The molecule has 0 radical (unpaired) electrons. The number of hydrogen-bond acceptors (Lipinski definition) is 4. The molecular weight excluding hydrogens is 450 g/mol. The van der Waals surface area contributed by atoms with Crippen LogP contribution in [0.4, 0.5) is 10.6 Å². The highest BCUT2D eigenvalue weighted by Crippen LogP contribution is 2.56. The van der Waals surface area contributed by atoms with Crippen molar-refractivity contribution in [3.63, 3.8) is 0 Å². The van der Waals surface area contributed by atoms with Crippen molar-refractivity contribution in [2.24, 2.45) is 5.73 Å². The van der Waals surface area contributed by atoms with E-state index in [2.05, 4.69) is 30.1 Å². The standard InChI is InChI=1S/C24H33N5O4Si/c1-23(2)18-16(14-28(23)22(25)33)19(26-21(32)24(12-9-13-24)34(3,4)5)27-29(18)17(20(30)31)15-10-7-6-8-11-15/h6-8,10-11,17H,9,12-14H2,1-5H3,(H2,25,33)(H,30,31)(H,26,27,32)/t17-/m0/s1. The lowest BCUT2D eigenvalue weighted by atomic mass is 9.83. The van der Waals surface area contributed by atoms with Gasteiger partial charge < -0.3 is 21.1 Å². The first-order chi connectivity index (χ1) is 15.8. The fourth-order valence-corrected chi connectivity index (χ4v) is 8.09. The van der Waals surface area contributed by atoms with E-state index in [1.807, 2.05) is 19.9 Å². The number of aromatic nitrogens is 2. The number of urea groups is 1. The maximum Gasteiger partial charge on any atom is 0.333 e. The first-order valence-corrected chi connectivity index (χ1v) is 15.1. The zero-order valence-electron chi connectivity index (χ0n) is 20.4. The lowest BCUT2D eigenvalue weighted by Gasteiger charge is -2.48. The molecule has 182 valence electrons. The summed E-state index contributed by atoms with van der Waals surface area (Å²) in [7, 11) is -1.84. The summed E-state index contributed by atoms with van der Waals surface area (Å²) >= 11 is 0. The van der Waals surface area contributed by atoms with Crippen LogP contribution in [0.5, 0.6) is 0 Å². The average Bonchev–Trinajstić information content (AvgIpc) is 3.16. The van der Waals surface area contributed by atoms with Crippen LogP contribution in [-0.4, -0.2) is 45.8 Å². The molecule has 4 rings (SSSR count). The van der Waals surface area contributed by atoms with Gasteiger partial charge in [0, 0.05) is 10.6 Å². The van der Waals surface area contributed by atoms with E-state index in [0.717, 1.165) is 19.3 Å². The van der Waals surface area contributed by atoms with Crippen molar-refractivity contribution in [2.75, 3.05) is 5.32 Å². The Bertz CT molecular complexity index is 1150. The Kier molecular flexibility index (Phi) is 5.62. The van der Waals surface area contributed by atoms with Crippen molar-refractivity contribution in [3.05, 3.63) is 47.2 Å². The predicted octanol–water partition coefficient (Wildman–Crippen LogP) is 3.89. The number of carbonyl (C=O) groups is 3. The van der Waals surface area contributed by atoms with Gasteiger partial charge in [0.2, 0.25) is 5.91 Å². The predicted molar refractivity (Wildman–Crippen MR) is 131 cm³/mol. The Morgan fingerprint density at radius 3 is 2.24 bits per heavy atom. The molecule has 0 unspecified atom stereocenters. The Morgan fingerprint density at radius 2 is 1.76 bits per heavy atom. The molecule has 9 nitrogen and oxygen atoms in total. The van der Waals surface area contributed by atoms with Gasteiger partial charge in [-0.15, -0.1) is 0 Å². The number of rotatable bonds is 6. The molecule has 2 aromatic rings. The first-order valence-electron chi connectivity index (χ1n) is 11.6. The number of nitrogens with zero attached hydrogens (tertiary/aromatic N) is 3. The van der Waals surface area contributed by atoms with E-state index in [0.29, 0.717) is 22.6 Å². The van der Waals surface area contributed by atoms with Crippen molar-refractivity contribution in [2.45, 2.75) is 75.9 Å². The zero-order valence-corrected chi connectivity index (χ0v) is 21.4. The quantitative estimate of drug-likeness (QED) is 0.537. The van der Waals surface area contributed by atoms with Crippen LogP contribution in [0.15, 0.2) is 30.3 Å². The highest BCUT2D eigenvalue weighted by Gasteiger charge is 2.54. The van der Waals surface area contributed by atoms with E-state index in [1.165, 1.54) is 9.58 Å². The fourth-order valence-electron chi connectivity index (χ4n) is 5.49. The summed E-state index contributed by atoms with van der Waals surface area (Å²) in [6.45, 7) is 10.4. The SMILES string of the molecule is CC1(C)c2c(c(NC(=O)C3([Si](C)(C)C)CCC3)nn2[C@H](C(=O)O)c2ccccc2)CN1C(N)=O. The minimum Gasteiger partial charge on any atom is -0.479 e. The molecule has 1 aliphatic carbocycles. The van der Waals surface area contributed by atoms with Gasteiger partial charge in [-0.3, -0.25) is 4.79 Å². The summed E-state index contributed by atoms with van der Waals surface area (Å²) in [6.07, 6.45) is 2.71. The van der Waals surface area contributed by atoms with Crippen LogP contribution in [0.2, 0.25) is 24.7 Å². The highest BCUT2D eigenvalue weighted by atomic mass is 28.3. The smallest absolute Gasteiger partial charge is 0.333 e. The largest absolute Gasteiger partial charge is 0.479 e. The van der Waals surface area contributed by atoms with E-state index in [-0.39, 0.29) is 17.5 Å². The number of fused-ring (bicyclic) bond motifs is 1. The summed E-state index contributed by atoms with van der Waals surface area (Å²) in [6, 6.07) is 7.08. The average molecular weight is 484 g/mol. The Balaban J connectivity index is 1.85. The maximum atomic E-state index is 13.6. The van der Waals surface area contributed by atoms with E-state index in [9.17, 15) is 19.5 Å². The molecule has 10 heteroatoms. The van der Waals surface area contributed by atoms with Gasteiger partial charge in [-0.1, -0.05) is 56.4 Å². The Labute approximate surface area is 200 Å². The topological polar surface area (TPSA) is 131 Å². The van der Waals surface area contributed by atoms with Gasteiger partial charge in [0.15, 0.2) is 11.9 Å². The second kappa shape index (κ2) is 7.97. The van der Waals surface area contributed by atoms with Crippen molar-refractivity contribution in [1.82, 2.24) is 14.7 Å². The van der Waals surface area contributed by atoms with Crippen LogP contribution in [0.1, 0.15) is 56.0 Å². The summed E-state index contributed by atoms with van der Waals surface area (Å²) in [5.41, 5.74) is 6.50. The first kappa shape index (κ1) is 24.0. The second-order valence-corrected chi connectivity index (χ2v) is 16.4. The monoisotopic (exact) mass is 483 g/mol. The normalized spacial score (nSPS) is 19.1. The number of nitrogens with two attached hydrogens (primary N) is 1. The molecule has 4 N–H and O–H groups in total. The number of carboxylic acid groups (broad SMARTS) is 1. The van der Waals surface area contributed by atoms with Crippen molar-refractivity contribution in [3.8, 4) is 0 Å². The number of anilines is 1. The van der Waals surface area contributed by atoms with Gasteiger partial charge in [-0.05, 0) is 32.3 Å². The molecule has 1 aromatic heterocycles. The molecule has 1 aromatic carbocycles. The summed E-state index contributed by atoms with van der Waals surface area (Å²) < 4.78 is 1.44. The van der Waals surface area contributed by atoms with Crippen LogP contribution in [0, 0.1) is 0 Å². The second-order valence-electron chi connectivity index (χ2n) is 10.9. The Morgan fingerprint density at radius 1 is 1.15 bits per heavy atom. The molecule has 3 amide bonds. The molecule has 1 fully saturated rings. The van der Waals surface area contributed by atoms with Crippen molar-refractivity contribution < 1.29 is 19.5 Å². The summed E-state index contributed by atoms with van der Waals surface area (Å²) in [4.78, 5) is 39.8. The molecule has 2 aliphatic rings. The van der Waals surface area contributed by atoms with Gasteiger partial charge >= 0.3 is 12.0 Å². The Hall–Kier alpha value is -3.14. The lowest BCUT2D eigenvalue weighted by molar-refractivity contribution is -0.140. The highest BCUT2D eigenvalue weighted by molar-refractivity contribution is 6.83. The molecule has 34 heavy (non-hydrogen) atoms. The van der Waals surface area contributed by atoms with E-state index >= 15 is 0 Å². The molecule has 1 atom stereocenters. The number of aliphatic carboxylic acids is 1. The maximum absolute atomic E-state index is 13.6. The summed E-state index contributed by atoms with van der Waals surface area (Å²) in [5, 5.41) is 17.5. The lowest BCUT2D eigenvalue weighted by Crippen LogP contribution is -2.52. The number of hydrogen-bond donors (Lipinski definition) is 3. The third-order valence-corrected chi connectivity index (χ3v) is 11.3. The van der Waals surface area contributed by atoms with Crippen LogP contribution < -0.4 is 11.1 Å². The molecule has 0 saturated heterocycles. The number of carbonyl (C=O) groups excluding carboxylic acids is 2. The van der Waals surface area contributed by atoms with Crippen LogP contribution in [0.3, 0.4) is 0 Å². The number of benzene rings is 1. The van der Waals surface area contributed by atoms with Crippen molar-refractivity contribution >= 4 is 31.8 Å². The van der Waals surface area contributed by atoms with Crippen LogP contribution >= 0.6 is 0 Å². The van der Waals surface area contributed by atoms with Gasteiger partial charge in [-0.2, -0.15) is 5.10 Å². The van der Waals surface area contributed by atoms with Crippen molar-refractivity contribution in [1.29, 1.82) is 0 Å². The van der Waals surface area contributed by atoms with Gasteiger partial charge in [0.25, 0.3) is 0 Å². The third-order valence-electron chi connectivity index (χ3n) is 7.75.